The van der Waals surface area contributed by atoms with Gasteiger partial charge in [-0.05, 0) is 12.5 Å². The number of hydrogen-bond donors (Lipinski definition) is 1. The third-order valence-corrected chi connectivity index (χ3v) is 3.38. The van der Waals surface area contributed by atoms with Crippen LogP contribution in [0.4, 0.5) is 0 Å². The van der Waals surface area contributed by atoms with E-state index >= 15 is 0 Å². The first-order chi connectivity index (χ1) is 8.60. The van der Waals surface area contributed by atoms with Crippen molar-refractivity contribution in [1.82, 2.24) is 4.90 Å². The molecule has 2 rings (SSSR count). The summed E-state index contributed by atoms with van der Waals surface area (Å²) in [6, 6.07) is 10.1. The average molecular weight is 249 g/mol. The van der Waals surface area contributed by atoms with Crippen LogP contribution in [-0.4, -0.2) is 42.2 Å². The number of carboxylic acids is 1. The number of nitrogens with zero attached hydrogens (tertiary/aromatic N) is 1. The Morgan fingerprint density at radius 3 is 2.83 bits per heavy atom. The molecule has 0 aromatic heterocycles. The number of morpholine rings is 1. The fourth-order valence-electron chi connectivity index (χ4n) is 2.36. The number of rotatable bonds is 4. The van der Waals surface area contributed by atoms with E-state index in [0.717, 1.165) is 18.7 Å². The van der Waals surface area contributed by atoms with Crippen LogP contribution in [0.5, 0.6) is 0 Å². The van der Waals surface area contributed by atoms with Crippen LogP contribution < -0.4 is 0 Å². The van der Waals surface area contributed by atoms with Gasteiger partial charge in [-0.3, -0.25) is 9.69 Å². The molecule has 1 aliphatic rings. The van der Waals surface area contributed by atoms with E-state index in [-0.39, 0.29) is 12.0 Å². The Hall–Kier alpha value is -1.39. The Kier molecular flexibility index (Phi) is 3.99. The molecule has 98 valence electrons. The summed E-state index contributed by atoms with van der Waals surface area (Å²) in [5, 5.41) is 8.73. The van der Waals surface area contributed by atoms with Crippen molar-refractivity contribution in [1.29, 1.82) is 0 Å². The predicted octanol–water partition coefficient (Wildman–Crippen LogP) is 1.71. The summed E-state index contributed by atoms with van der Waals surface area (Å²) < 4.78 is 5.90. The molecule has 1 aliphatic heterocycles. The Bertz CT molecular complexity index is 407. The first kappa shape index (κ1) is 13.1. The summed E-state index contributed by atoms with van der Waals surface area (Å²) in [6.07, 6.45) is 0.185. The van der Waals surface area contributed by atoms with Crippen LogP contribution in [0.15, 0.2) is 30.3 Å². The molecule has 1 heterocycles. The van der Waals surface area contributed by atoms with Crippen LogP contribution >= 0.6 is 0 Å². The van der Waals surface area contributed by atoms with Crippen LogP contribution in [0.3, 0.4) is 0 Å². The Morgan fingerprint density at radius 2 is 2.17 bits per heavy atom. The van der Waals surface area contributed by atoms with Crippen molar-refractivity contribution in [2.45, 2.75) is 18.9 Å². The van der Waals surface area contributed by atoms with Gasteiger partial charge < -0.3 is 9.84 Å². The summed E-state index contributed by atoms with van der Waals surface area (Å²) >= 11 is 0. The lowest BCUT2D eigenvalue weighted by Crippen LogP contribution is -2.48. The highest BCUT2D eigenvalue weighted by Gasteiger charge is 2.33. The van der Waals surface area contributed by atoms with E-state index in [1.54, 1.807) is 0 Å². The molecule has 1 saturated heterocycles. The number of aliphatic carboxylic acids is 1. The van der Waals surface area contributed by atoms with Crippen LogP contribution in [-0.2, 0) is 15.1 Å². The zero-order chi connectivity index (χ0) is 13.0. The van der Waals surface area contributed by atoms with Crippen molar-refractivity contribution in [2.24, 2.45) is 0 Å². The van der Waals surface area contributed by atoms with Crippen LogP contribution in [0.1, 0.15) is 18.9 Å². The predicted molar refractivity (Wildman–Crippen MR) is 68.4 cm³/mol. The Balaban J connectivity index is 2.03. The van der Waals surface area contributed by atoms with Gasteiger partial charge in [-0.1, -0.05) is 30.3 Å². The summed E-state index contributed by atoms with van der Waals surface area (Å²) in [5.41, 5.74) is 0.808. The number of carbonyl (C=O) groups is 1. The largest absolute Gasteiger partial charge is 0.481 e. The van der Waals surface area contributed by atoms with Crippen LogP contribution in [0, 0.1) is 0 Å². The molecule has 1 atom stereocenters. The van der Waals surface area contributed by atoms with Crippen molar-refractivity contribution in [2.75, 3.05) is 26.2 Å². The van der Waals surface area contributed by atoms with Gasteiger partial charge in [0.1, 0.15) is 5.60 Å². The summed E-state index contributed by atoms with van der Waals surface area (Å²) in [5.74, 6) is -0.747. The first-order valence-corrected chi connectivity index (χ1v) is 6.24. The highest BCUT2D eigenvalue weighted by molar-refractivity contribution is 5.66. The molecule has 1 aromatic carbocycles. The van der Waals surface area contributed by atoms with E-state index in [1.165, 1.54) is 0 Å². The van der Waals surface area contributed by atoms with Crippen molar-refractivity contribution in [3.05, 3.63) is 35.9 Å². The highest BCUT2D eigenvalue weighted by atomic mass is 16.5. The molecule has 1 N–H and O–H groups in total. The maximum Gasteiger partial charge on any atom is 0.304 e. The molecule has 4 nitrogen and oxygen atoms in total. The molecule has 4 heteroatoms. The number of benzene rings is 1. The van der Waals surface area contributed by atoms with Crippen molar-refractivity contribution >= 4 is 5.97 Å². The van der Waals surface area contributed by atoms with Gasteiger partial charge in [0.2, 0.25) is 0 Å². The second-order valence-corrected chi connectivity index (χ2v) is 4.87. The van der Waals surface area contributed by atoms with E-state index in [4.69, 9.17) is 9.84 Å². The third kappa shape index (κ3) is 3.09. The standard InChI is InChI=1S/C14H19NO3/c1-14(12-5-3-2-4-6-12)11-15(9-10-18-14)8-7-13(16)17/h2-6H,7-11H2,1H3,(H,16,17)/t14-/m1/s1. The quantitative estimate of drug-likeness (QED) is 0.882. The smallest absolute Gasteiger partial charge is 0.304 e. The molecule has 18 heavy (non-hydrogen) atoms. The summed E-state index contributed by atoms with van der Waals surface area (Å²) in [6.45, 7) is 4.83. The van der Waals surface area contributed by atoms with Gasteiger partial charge in [0.05, 0.1) is 13.0 Å². The maximum atomic E-state index is 10.6. The number of ether oxygens (including phenoxy) is 1. The zero-order valence-electron chi connectivity index (χ0n) is 10.6. The number of carboxylic acid groups (broad SMARTS) is 1. The van der Waals surface area contributed by atoms with E-state index in [2.05, 4.69) is 24.0 Å². The van der Waals surface area contributed by atoms with Gasteiger partial charge in [-0.15, -0.1) is 0 Å². The topological polar surface area (TPSA) is 49.8 Å². The highest BCUT2D eigenvalue weighted by Crippen LogP contribution is 2.29. The molecule has 0 saturated carbocycles. The van der Waals surface area contributed by atoms with E-state index in [0.29, 0.717) is 13.2 Å². The molecular weight excluding hydrogens is 230 g/mol. The maximum absolute atomic E-state index is 10.6. The third-order valence-electron chi connectivity index (χ3n) is 3.38. The van der Waals surface area contributed by atoms with Crippen LogP contribution in [0.2, 0.25) is 0 Å². The SMILES string of the molecule is C[C@]1(c2ccccc2)CN(CCC(=O)O)CCO1. The van der Waals surface area contributed by atoms with Crippen molar-refractivity contribution in [3.8, 4) is 0 Å². The first-order valence-electron chi connectivity index (χ1n) is 6.24. The normalized spacial score (nSPS) is 24.9. The molecule has 0 amide bonds. The Morgan fingerprint density at radius 1 is 1.44 bits per heavy atom. The van der Waals surface area contributed by atoms with Gasteiger partial charge in [0.25, 0.3) is 0 Å². The molecule has 1 fully saturated rings. The molecule has 0 aliphatic carbocycles. The second kappa shape index (κ2) is 5.50. The minimum atomic E-state index is -0.747. The van der Waals surface area contributed by atoms with E-state index in [1.807, 2.05) is 18.2 Å². The molecule has 0 unspecified atom stereocenters. The summed E-state index contributed by atoms with van der Waals surface area (Å²) in [4.78, 5) is 12.8. The van der Waals surface area contributed by atoms with Crippen molar-refractivity contribution < 1.29 is 14.6 Å². The van der Waals surface area contributed by atoms with Crippen LogP contribution in [0.25, 0.3) is 0 Å². The zero-order valence-corrected chi connectivity index (χ0v) is 10.6. The van der Waals surface area contributed by atoms with Gasteiger partial charge in [0.15, 0.2) is 0 Å². The molecule has 0 spiro atoms. The second-order valence-electron chi connectivity index (χ2n) is 4.87. The average Bonchev–Trinajstić information content (AvgIpc) is 2.38. The summed E-state index contributed by atoms with van der Waals surface area (Å²) in [7, 11) is 0. The lowest BCUT2D eigenvalue weighted by molar-refractivity contribution is -0.139. The molecular formula is C14H19NO3. The number of hydrogen-bond acceptors (Lipinski definition) is 3. The van der Waals surface area contributed by atoms with Gasteiger partial charge in [-0.25, -0.2) is 0 Å². The minimum absolute atomic E-state index is 0.185. The molecule has 0 radical (unpaired) electrons. The van der Waals surface area contributed by atoms with E-state index in [9.17, 15) is 4.79 Å². The van der Waals surface area contributed by atoms with Gasteiger partial charge >= 0.3 is 5.97 Å². The van der Waals surface area contributed by atoms with E-state index < -0.39 is 5.97 Å². The minimum Gasteiger partial charge on any atom is -0.481 e. The fourth-order valence-corrected chi connectivity index (χ4v) is 2.36. The molecule has 0 bridgehead atoms. The van der Waals surface area contributed by atoms with Gasteiger partial charge in [0, 0.05) is 19.6 Å². The van der Waals surface area contributed by atoms with Crippen molar-refractivity contribution in [3.63, 3.8) is 0 Å². The lowest BCUT2D eigenvalue weighted by Gasteiger charge is -2.40. The fraction of sp³-hybridized carbons (Fsp3) is 0.500. The Labute approximate surface area is 107 Å². The lowest BCUT2D eigenvalue weighted by atomic mass is 9.94. The van der Waals surface area contributed by atoms with Gasteiger partial charge in [-0.2, -0.15) is 0 Å². The monoisotopic (exact) mass is 249 g/mol. The molecule has 1 aromatic rings.